The summed E-state index contributed by atoms with van der Waals surface area (Å²) in [5, 5.41) is 9.29. The molecule has 0 atom stereocenters. The van der Waals surface area contributed by atoms with E-state index in [-0.39, 0.29) is 13.1 Å². The molecule has 0 heterocycles. The van der Waals surface area contributed by atoms with Crippen molar-refractivity contribution in [1.82, 2.24) is 4.90 Å². The molecule has 5 nitrogen and oxygen atoms in total. The first-order valence-corrected chi connectivity index (χ1v) is 6.52. The summed E-state index contributed by atoms with van der Waals surface area (Å²) in [5.41, 5.74) is 1.49. The predicted octanol–water partition coefficient (Wildman–Crippen LogP) is 2.27. The third-order valence-electron chi connectivity index (χ3n) is 2.74. The molecule has 0 aliphatic carbocycles. The van der Waals surface area contributed by atoms with Crippen LogP contribution in [-0.2, 0) is 14.3 Å². The van der Waals surface area contributed by atoms with E-state index in [4.69, 9.17) is 16.9 Å². The molecule has 21 heavy (non-hydrogen) atoms. The summed E-state index contributed by atoms with van der Waals surface area (Å²) < 4.78 is 4.50. The van der Waals surface area contributed by atoms with Gasteiger partial charge in [0.2, 0.25) is 5.91 Å². The number of hydrogen-bond donors (Lipinski definition) is 0. The molecule has 1 aromatic carbocycles. The molecule has 0 aromatic heterocycles. The maximum Gasteiger partial charge on any atom is 0.325 e. The number of benzene rings is 1. The molecule has 0 saturated carbocycles. The Hall–Kier alpha value is -2.32. The van der Waals surface area contributed by atoms with Crippen molar-refractivity contribution in [2.75, 3.05) is 20.2 Å². The van der Waals surface area contributed by atoms with E-state index in [2.05, 4.69) is 4.74 Å². The van der Waals surface area contributed by atoms with Gasteiger partial charge in [0.1, 0.15) is 13.1 Å². The molecule has 0 unspecified atom stereocenters. The van der Waals surface area contributed by atoms with Gasteiger partial charge in [-0.05, 0) is 30.2 Å². The SMILES string of the molecule is COC(=O)CN(CC#N)C(=O)C=C(C)c1cccc(Cl)c1. The lowest BCUT2D eigenvalue weighted by Crippen LogP contribution is -2.35. The lowest BCUT2D eigenvalue weighted by molar-refractivity contribution is -0.145. The molecule has 0 aliphatic heterocycles. The Labute approximate surface area is 128 Å². The van der Waals surface area contributed by atoms with Crippen molar-refractivity contribution in [2.24, 2.45) is 0 Å². The fourth-order valence-corrected chi connectivity index (χ4v) is 1.80. The van der Waals surface area contributed by atoms with Gasteiger partial charge >= 0.3 is 5.97 Å². The second kappa shape index (κ2) is 8.08. The summed E-state index contributed by atoms with van der Waals surface area (Å²) in [6.45, 7) is 1.31. The Morgan fingerprint density at radius 2 is 2.19 bits per heavy atom. The largest absolute Gasteiger partial charge is 0.468 e. The third-order valence-corrected chi connectivity index (χ3v) is 2.98. The second-order valence-electron chi connectivity index (χ2n) is 4.27. The smallest absolute Gasteiger partial charge is 0.325 e. The van der Waals surface area contributed by atoms with Crippen LogP contribution in [-0.4, -0.2) is 37.0 Å². The summed E-state index contributed by atoms with van der Waals surface area (Å²) in [6.07, 6.45) is 1.37. The van der Waals surface area contributed by atoms with Crippen molar-refractivity contribution in [3.05, 3.63) is 40.9 Å². The molecule has 110 valence electrons. The van der Waals surface area contributed by atoms with Crippen LogP contribution in [0.2, 0.25) is 5.02 Å². The highest BCUT2D eigenvalue weighted by atomic mass is 35.5. The molecule has 1 aromatic rings. The van der Waals surface area contributed by atoms with Crippen molar-refractivity contribution < 1.29 is 14.3 Å². The number of amides is 1. The summed E-state index contributed by atoms with van der Waals surface area (Å²) in [4.78, 5) is 24.5. The predicted molar refractivity (Wildman–Crippen MR) is 79.3 cm³/mol. The van der Waals surface area contributed by atoms with Crippen LogP contribution in [0.4, 0.5) is 0 Å². The van der Waals surface area contributed by atoms with Gasteiger partial charge in [0.15, 0.2) is 0 Å². The molecule has 0 fully saturated rings. The molecular weight excluding hydrogens is 292 g/mol. The first kappa shape index (κ1) is 16.7. The highest BCUT2D eigenvalue weighted by molar-refractivity contribution is 6.30. The van der Waals surface area contributed by atoms with Crippen molar-refractivity contribution in [1.29, 1.82) is 5.26 Å². The molecule has 0 saturated heterocycles. The molecule has 0 spiro atoms. The minimum absolute atomic E-state index is 0.187. The number of nitriles is 1. The van der Waals surface area contributed by atoms with Gasteiger partial charge in [-0.2, -0.15) is 5.26 Å². The lowest BCUT2D eigenvalue weighted by atomic mass is 10.1. The Bertz CT molecular complexity index is 605. The van der Waals surface area contributed by atoms with E-state index in [1.54, 1.807) is 25.1 Å². The fraction of sp³-hybridized carbons (Fsp3) is 0.267. The van der Waals surface area contributed by atoms with Crippen molar-refractivity contribution in [2.45, 2.75) is 6.92 Å². The standard InChI is InChI=1S/C15H15ClN2O3/c1-11(12-4-3-5-13(16)9-12)8-14(19)18(7-6-17)10-15(20)21-2/h3-5,8-9H,7,10H2,1-2H3. The number of carbonyl (C=O) groups is 2. The maximum absolute atomic E-state index is 12.1. The maximum atomic E-state index is 12.1. The Morgan fingerprint density at radius 1 is 1.48 bits per heavy atom. The summed E-state index contributed by atoms with van der Waals surface area (Å²) in [7, 11) is 1.23. The van der Waals surface area contributed by atoms with Crippen LogP contribution < -0.4 is 0 Å². The van der Waals surface area contributed by atoms with Gasteiger partial charge in [-0.3, -0.25) is 9.59 Å². The van der Waals surface area contributed by atoms with E-state index in [0.717, 1.165) is 10.5 Å². The Balaban J connectivity index is 2.91. The quantitative estimate of drug-likeness (QED) is 0.475. The van der Waals surface area contributed by atoms with Gasteiger partial charge in [0, 0.05) is 11.1 Å². The molecular formula is C15H15ClN2O3. The van der Waals surface area contributed by atoms with Gasteiger partial charge in [0.05, 0.1) is 13.2 Å². The van der Waals surface area contributed by atoms with Crippen molar-refractivity contribution in [3.63, 3.8) is 0 Å². The number of halogens is 1. The summed E-state index contributed by atoms with van der Waals surface area (Å²) in [5.74, 6) is -1.01. The van der Waals surface area contributed by atoms with E-state index in [1.165, 1.54) is 13.2 Å². The van der Waals surface area contributed by atoms with E-state index in [0.29, 0.717) is 10.6 Å². The van der Waals surface area contributed by atoms with Crippen LogP contribution in [0.15, 0.2) is 30.3 Å². The average Bonchev–Trinajstić information content (AvgIpc) is 2.46. The molecule has 0 bridgehead atoms. The monoisotopic (exact) mass is 306 g/mol. The van der Waals surface area contributed by atoms with E-state index >= 15 is 0 Å². The molecule has 6 heteroatoms. The Morgan fingerprint density at radius 3 is 2.76 bits per heavy atom. The van der Waals surface area contributed by atoms with Gasteiger partial charge in [-0.25, -0.2) is 0 Å². The summed E-state index contributed by atoms with van der Waals surface area (Å²) in [6, 6.07) is 8.91. The number of hydrogen-bond acceptors (Lipinski definition) is 4. The van der Waals surface area contributed by atoms with Crippen LogP contribution in [0.1, 0.15) is 12.5 Å². The zero-order chi connectivity index (χ0) is 15.8. The average molecular weight is 307 g/mol. The van der Waals surface area contributed by atoms with E-state index in [9.17, 15) is 9.59 Å². The van der Waals surface area contributed by atoms with Crippen molar-refractivity contribution >= 4 is 29.1 Å². The summed E-state index contributed by atoms with van der Waals surface area (Å²) >= 11 is 5.90. The number of esters is 1. The molecule has 1 amide bonds. The highest BCUT2D eigenvalue weighted by Crippen LogP contribution is 2.18. The molecule has 0 aliphatic rings. The minimum Gasteiger partial charge on any atom is -0.468 e. The number of rotatable bonds is 5. The van der Waals surface area contributed by atoms with Gasteiger partial charge in [0.25, 0.3) is 0 Å². The van der Waals surface area contributed by atoms with Gasteiger partial charge < -0.3 is 9.64 Å². The van der Waals surface area contributed by atoms with E-state index in [1.807, 2.05) is 12.1 Å². The van der Waals surface area contributed by atoms with Crippen molar-refractivity contribution in [3.8, 4) is 6.07 Å². The zero-order valence-electron chi connectivity index (χ0n) is 11.8. The van der Waals surface area contributed by atoms with E-state index < -0.39 is 11.9 Å². The second-order valence-corrected chi connectivity index (χ2v) is 4.70. The first-order chi connectivity index (χ1) is 9.97. The first-order valence-electron chi connectivity index (χ1n) is 6.15. The minimum atomic E-state index is -0.576. The number of nitrogens with zero attached hydrogens (tertiary/aromatic N) is 2. The number of carbonyl (C=O) groups excluding carboxylic acids is 2. The lowest BCUT2D eigenvalue weighted by Gasteiger charge is -2.16. The Kier molecular flexibility index (Phi) is 6.44. The van der Waals surface area contributed by atoms with Gasteiger partial charge in [-0.1, -0.05) is 23.7 Å². The van der Waals surface area contributed by atoms with Crippen LogP contribution in [0, 0.1) is 11.3 Å². The third kappa shape index (κ3) is 5.28. The highest BCUT2D eigenvalue weighted by Gasteiger charge is 2.15. The molecule has 0 N–H and O–H groups in total. The number of methoxy groups -OCH3 is 1. The van der Waals surface area contributed by atoms with Crippen LogP contribution in [0.5, 0.6) is 0 Å². The number of allylic oxidation sites excluding steroid dienone is 1. The normalized spacial score (nSPS) is 10.7. The van der Waals surface area contributed by atoms with Crippen LogP contribution >= 0.6 is 11.6 Å². The fourth-order valence-electron chi connectivity index (χ4n) is 1.61. The topological polar surface area (TPSA) is 70.4 Å². The molecule has 0 radical (unpaired) electrons. The van der Waals surface area contributed by atoms with Crippen LogP contribution in [0.25, 0.3) is 5.57 Å². The molecule has 1 rings (SSSR count). The van der Waals surface area contributed by atoms with Crippen LogP contribution in [0.3, 0.4) is 0 Å². The zero-order valence-corrected chi connectivity index (χ0v) is 12.6. The van der Waals surface area contributed by atoms with Gasteiger partial charge in [-0.15, -0.1) is 0 Å². The number of ether oxygens (including phenoxy) is 1.